The Hall–Kier alpha value is -1.36. The van der Waals surface area contributed by atoms with Crippen LogP contribution in [-0.4, -0.2) is 23.0 Å². The molecule has 1 aromatic heterocycles. The van der Waals surface area contributed by atoms with Crippen LogP contribution < -0.4 is 5.32 Å². The largest absolute Gasteiger partial charge is 0.480 e. The number of hydrogen-bond acceptors (Lipinski definition) is 3. The van der Waals surface area contributed by atoms with Crippen LogP contribution >= 0.6 is 11.3 Å². The third-order valence-electron chi connectivity index (χ3n) is 2.29. The molecule has 0 aliphatic rings. The first-order chi connectivity index (χ1) is 7.99. The second-order valence-corrected chi connectivity index (χ2v) is 5.18. The Morgan fingerprint density at radius 2 is 2.18 bits per heavy atom. The van der Waals surface area contributed by atoms with Crippen molar-refractivity contribution in [3.05, 3.63) is 22.4 Å². The lowest BCUT2D eigenvalue weighted by Gasteiger charge is -2.16. The average Bonchev–Trinajstić information content (AvgIpc) is 2.68. The van der Waals surface area contributed by atoms with Gasteiger partial charge in [0.2, 0.25) is 5.91 Å². The van der Waals surface area contributed by atoms with Gasteiger partial charge in [-0.15, -0.1) is 0 Å². The number of carbonyl (C=O) groups excluding carboxylic acids is 1. The van der Waals surface area contributed by atoms with Crippen molar-refractivity contribution >= 4 is 23.2 Å². The highest BCUT2D eigenvalue weighted by molar-refractivity contribution is 7.07. The van der Waals surface area contributed by atoms with Crippen molar-refractivity contribution < 1.29 is 14.7 Å². The fraction of sp³-hybridized carbons (Fsp3) is 0.500. The molecule has 94 valence electrons. The number of aliphatic carboxylic acids is 1. The molecule has 1 aromatic rings. The van der Waals surface area contributed by atoms with Crippen LogP contribution in [0.15, 0.2) is 16.8 Å². The van der Waals surface area contributed by atoms with E-state index in [1.807, 2.05) is 30.7 Å². The quantitative estimate of drug-likeness (QED) is 0.816. The minimum atomic E-state index is -0.975. The summed E-state index contributed by atoms with van der Waals surface area (Å²) in [6.07, 6.45) is 0.691. The van der Waals surface area contributed by atoms with E-state index in [2.05, 4.69) is 5.32 Å². The first-order valence-electron chi connectivity index (χ1n) is 5.52. The van der Waals surface area contributed by atoms with Gasteiger partial charge in [0.15, 0.2) is 0 Å². The molecule has 0 unspecified atom stereocenters. The first-order valence-corrected chi connectivity index (χ1v) is 6.46. The lowest BCUT2D eigenvalue weighted by molar-refractivity contribution is -0.142. The van der Waals surface area contributed by atoms with Crippen molar-refractivity contribution in [3.63, 3.8) is 0 Å². The van der Waals surface area contributed by atoms with Gasteiger partial charge in [-0.3, -0.25) is 4.79 Å². The molecule has 1 atom stereocenters. The molecule has 5 heteroatoms. The normalized spacial score (nSPS) is 12.4. The Balaban J connectivity index is 2.49. The van der Waals surface area contributed by atoms with E-state index in [0.29, 0.717) is 6.42 Å². The number of hydrogen-bond donors (Lipinski definition) is 2. The number of amides is 1. The molecule has 1 rings (SSSR count). The lowest BCUT2D eigenvalue weighted by atomic mass is 10.0. The number of rotatable bonds is 6. The van der Waals surface area contributed by atoms with Crippen molar-refractivity contribution in [1.29, 1.82) is 0 Å². The molecule has 0 spiro atoms. The van der Waals surface area contributed by atoms with Crippen LogP contribution in [0.1, 0.15) is 25.8 Å². The van der Waals surface area contributed by atoms with Crippen molar-refractivity contribution in [2.75, 3.05) is 0 Å². The zero-order chi connectivity index (χ0) is 12.8. The molecule has 0 radical (unpaired) electrons. The Bertz CT molecular complexity index is 373. The van der Waals surface area contributed by atoms with Crippen LogP contribution in [0.3, 0.4) is 0 Å². The van der Waals surface area contributed by atoms with Crippen molar-refractivity contribution in [2.45, 2.75) is 32.7 Å². The SMILES string of the molecule is CC(C)C[C@@H](NC(=O)Cc1ccsc1)C(=O)O. The monoisotopic (exact) mass is 255 g/mol. The summed E-state index contributed by atoms with van der Waals surface area (Å²) in [7, 11) is 0. The summed E-state index contributed by atoms with van der Waals surface area (Å²) in [5.41, 5.74) is 0.918. The third kappa shape index (κ3) is 4.99. The maximum atomic E-state index is 11.6. The number of carbonyl (C=O) groups is 2. The maximum absolute atomic E-state index is 11.6. The molecule has 17 heavy (non-hydrogen) atoms. The van der Waals surface area contributed by atoms with Gasteiger partial charge in [-0.25, -0.2) is 4.79 Å². The highest BCUT2D eigenvalue weighted by atomic mass is 32.1. The molecular weight excluding hydrogens is 238 g/mol. The van der Waals surface area contributed by atoms with E-state index in [0.717, 1.165) is 5.56 Å². The highest BCUT2D eigenvalue weighted by Gasteiger charge is 2.20. The molecule has 0 aliphatic heterocycles. The second-order valence-electron chi connectivity index (χ2n) is 4.40. The van der Waals surface area contributed by atoms with E-state index < -0.39 is 12.0 Å². The van der Waals surface area contributed by atoms with Gasteiger partial charge in [-0.05, 0) is 34.7 Å². The molecule has 2 N–H and O–H groups in total. The first kappa shape index (κ1) is 13.7. The minimum absolute atomic E-state index is 0.234. The van der Waals surface area contributed by atoms with E-state index in [4.69, 9.17) is 5.11 Å². The molecule has 0 aromatic carbocycles. The number of nitrogens with one attached hydrogen (secondary N) is 1. The van der Waals surface area contributed by atoms with Crippen LogP contribution in [0.25, 0.3) is 0 Å². The Labute approximate surface area is 105 Å². The van der Waals surface area contributed by atoms with Gasteiger partial charge in [0.05, 0.1) is 6.42 Å². The van der Waals surface area contributed by atoms with E-state index in [9.17, 15) is 9.59 Å². The Morgan fingerprint density at radius 1 is 1.47 bits per heavy atom. The summed E-state index contributed by atoms with van der Waals surface area (Å²) in [5, 5.41) is 15.3. The van der Waals surface area contributed by atoms with Gasteiger partial charge in [0.25, 0.3) is 0 Å². The fourth-order valence-electron chi connectivity index (χ4n) is 1.52. The Kier molecular flexibility index (Phi) is 5.15. The zero-order valence-electron chi connectivity index (χ0n) is 9.97. The molecule has 1 heterocycles. The molecule has 0 fully saturated rings. The summed E-state index contributed by atoms with van der Waals surface area (Å²) in [6, 6.07) is 1.07. The van der Waals surface area contributed by atoms with Gasteiger partial charge in [-0.2, -0.15) is 11.3 Å². The predicted octanol–water partition coefficient (Wildman–Crippen LogP) is 1.91. The molecule has 4 nitrogen and oxygen atoms in total. The van der Waals surface area contributed by atoms with Crippen molar-refractivity contribution in [1.82, 2.24) is 5.32 Å². The summed E-state index contributed by atoms with van der Waals surface area (Å²) in [4.78, 5) is 22.6. The van der Waals surface area contributed by atoms with Crippen molar-refractivity contribution in [2.24, 2.45) is 5.92 Å². The molecule has 0 saturated carbocycles. The molecular formula is C12H17NO3S. The van der Waals surface area contributed by atoms with Gasteiger partial charge < -0.3 is 10.4 Å². The molecule has 1 amide bonds. The number of carboxylic acid groups (broad SMARTS) is 1. The molecule has 0 saturated heterocycles. The van der Waals surface area contributed by atoms with Crippen molar-refractivity contribution in [3.8, 4) is 0 Å². The summed E-state index contributed by atoms with van der Waals surface area (Å²) in [5.74, 6) is -0.980. The van der Waals surface area contributed by atoms with Gasteiger partial charge in [-0.1, -0.05) is 13.8 Å². The van der Waals surface area contributed by atoms with E-state index >= 15 is 0 Å². The Morgan fingerprint density at radius 3 is 2.65 bits per heavy atom. The average molecular weight is 255 g/mol. The van der Waals surface area contributed by atoms with Gasteiger partial charge >= 0.3 is 5.97 Å². The van der Waals surface area contributed by atoms with Gasteiger partial charge in [0, 0.05) is 0 Å². The number of thiophene rings is 1. The molecule has 0 bridgehead atoms. The highest BCUT2D eigenvalue weighted by Crippen LogP contribution is 2.08. The maximum Gasteiger partial charge on any atom is 0.326 e. The van der Waals surface area contributed by atoms with Crippen LogP contribution in [0.4, 0.5) is 0 Å². The fourth-order valence-corrected chi connectivity index (χ4v) is 2.19. The standard InChI is InChI=1S/C12H17NO3S/c1-8(2)5-10(12(15)16)13-11(14)6-9-3-4-17-7-9/h3-4,7-8,10H,5-6H2,1-2H3,(H,13,14)(H,15,16)/t10-/m1/s1. The second kappa shape index (κ2) is 6.39. The summed E-state index contributed by atoms with van der Waals surface area (Å²) in [6.45, 7) is 3.86. The lowest BCUT2D eigenvalue weighted by Crippen LogP contribution is -2.42. The smallest absolute Gasteiger partial charge is 0.326 e. The van der Waals surface area contributed by atoms with E-state index in [1.54, 1.807) is 0 Å². The predicted molar refractivity (Wildman–Crippen MR) is 67.0 cm³/mol. The minimum Gasteiger partial charge on any atom is -0.480 e. The zero-order valence-corrected chi connectivity index (χ0v) is 10.8. The van der Waals surface area contributed by atoms with E-state index in [1.165, 1.54) is 11.3 Å². The van der Waals surface area contributed by atoms with Crippen LogP contribution in [-0.2, 0) is 16.0 Å². The van der Waals surface area contributed by atoms with Gasteiger partial charge in [0.1, 0.15) is 6.04 Å². The van der Waals surface area contributed by atoms with Crippen LogP contribution in [0, 0.1) is 5.92 Å². The number of carboxylic acids is 1. The topological polar surface area (TPSA) is 66.4 Å². The van der Waals surface area contributed by atoms with Crippen LogP contribution in [0.5, 0.6) is 0 Å². The molecule has 0 aliphatic carbocycles. The van der Waals surface area contributed by atoms with Crippen LogP contribution in [0.2, 0.25) is 0 Å². The summed E-state index contributed by atoms with van der Waals surface area (Å²) >= 11 is 1.52. The third-order valence-corrected chi connectivity index (χ3v) is 3.02. The van der Waals surface area contributed by atoms with E-state index in [-0.39, 0.29) is 18.2 Å². The summed E-state index contributed by atoms with van der Waals surface area (Å²) < 4.78 is 0.